The number of nitrogens with one attached hydrogen (secondary N) is 1. The van der Waals surface area contributed by atoms with E-state index in [9.17, 15) is 5.11 Å². The first-order valence-electron chi connectivity index (χ1n) is 8.90. The van der Waals surface area contributed by atoms with Crippen LogP contribution in [-0.4, -0.2) is 56.4 Å². The SMILES string of the molecule is COc1ccccc1N1CCN(CCCNC(O)=C2C=CC=C2)CC1. The highest BCUT2D eigenvalue weighted by Crippen LogP contribution is 2.28. The Morgan fingerprint density at radius 2 is 1.84 bits per heavy atom. The van der Waals surface area contributed by atoms with Gasteiger partial charge in [-0.15, -0.1) is 0 Å². The number of piperazine rings is 1. The molecule has 0 radical (unpaired) electrons. The fourth-order valence-electron chi connectivity index (χ4n) is 3.25. The molecule has 25 heavy (non-hydrogen) atoms. The number of aliphatic hydroxyl groups excluding tert-OH is 1. The quantitative estimate of drug-likeness (QED) is 0.590. The number of aliphatic hydroxyl groups is 1. The van der Waals surface area contributed by atoms with Gasteiger partial charge in [0.2, 0.25) is 0 Å². The second-order valence-electron chi connectivity index (χ2n) is 6.30. The zero-order valence-corrected chi connectivity index (χ0v) is 14.8. The molecule has 1 fully saturated rings. The van der Waals surface area contributed by atoms with E-state index in [0.29, 0.717) is 0 Å². The van der Waals surface area contributed by atoms with E-state index in [4.69, 9.17) is 4.74 Å². The van der Waals surface area contributed by atoms with E-state index in [2.05, 4.69) is 27.2 Å². The molecule has 134 valence electrons. The van der Waals surface area contributed by atoms with Gasteiger partial charge >= 0.3 is 0 Å². The Morgan fingerprint density at radius 3 is 2.56 bits per heavy atom. The lowest BCUT2D eigenvalue weighted by Crippen LogP contribution is -2.47. The Balaban J connectivity index is 1.39. The summed E-state index contributed by atoms with van der Waals surface area (Å²) in [5.74, 6) is 1.21. The Bertz CT molecular complexity index is 645. The van der Waals surface area contributed by atoms with Crippen molar-refractivity contribution in [2.24, 2.45) is 0 Å². The molecule has 1 heterocycles. The van der Waals surface area contributed by atoms with Crippen molar-refractivity contribution >= 4 is 5.69 Å². The molecule has 1 aliphatic carbocycles. The molecule has 0 aromatic heterocycles. The molecule has 0 atom stereocenters. The number of hydrogen-bond donors (Lipinski definition) is 2. The van der Waals surface area contributed by atoms with E-state index in [1.165, 1.54) is 5.69 Å². The lowest BCUT2D eigenvalue weighted by molar-refractivity contribution is 0.251. The monoisotopic (exact) mass is 341 g/mol. The molecule has 5 nitrogen and oxygen atoms in total. The summed E-state index contributed by atoms with van der Waals surface area (Å²) in [5, 5.41) is 13.0. The van der Waals surface area contributed by atoms with Crippen LogP contribution in [0.4, 0.5) is 5.69 Å². The molecule has 3 rings (SSSR count). The number of ether oxygens (including phenoxy) is 1. The molecule has 0 spiro atoms. The van der Waals surface area contributed by atoms with Crippen molar-refractivity contribution in [3.8, 4) is 5.75 Å². The molecule has 0 saturated carbocycles. The van der Waals surface area contributed by atoms with Gasteiger partial charge in [-0.2, -0.15) is 0 Å². The molecule has 2 N–H and O–H groups in total. The summed E-state index contributed by atoms with van der Waals surface area (Å²) in [4.78, 5) is 4.87. The van der Waals surface area contributed by atoms with Crippen molar-refractivity contribution in [2.75, 3.05) is 51.3 Å². The van der Waals surface area contributed by atoms with Crippen LogP contribution in [0.2, 0.25) is 0 Å². The highest BCUT2D eigenvalue weighted by atomic mass is 16.5. The van der Waals surface area contributed by atoms with Crippen molar-refractivity contribution in [3.63, 3.8) is 0 Å². The number of hydrogen-bond acceptors (Lipinski definition) is 5. The van der Waals surface area contributed by atoms with E-state index >= 15 is 0 Å². The molecular weight excluding hydrogens is 314 g/mol. The zero-order valence-electron chi connectivity index (χ0n) is 14.8. The van der Waals surface area contributed by atoms with Gasteiger partial charge in [0.1, 0.15) is 5.75 Å². The first kappa shape index (κ1) is 17.4. The number of rotatable bonds is 7. The Labute approximate surface area is 149 Å². The average Bonchev–Trinajstić information content (AvgIpc) is 3.20. The first-order valence-corrected chi connectivity index (χ1v) is 8.90. The van der Waals surface area contributed by atoms with Gasteiger partial charge in [0.15, 0.2) is 5.88 Å². The van der Waals surface area contributed by atoms with Gasteiger partial charge in [-0.05, 0) is 37.3 Å². The smallest absolute Gasteiger partial charge is 0.191 e. The average molecular weight is 341 g/mol. The third-order valence-corrected chi connectivity index (χ3v) is 4.68. The van der Waals surface area contributed by atoms with Crippen molar-refractivity contribution in [3.05, 3.63) is 60.0 Å². The summed E-state index contributed by atoms with van der Waals surface area (Å²) in [7, 11) is 1.73. The van der Waals surface area contributed by atoms with E-state index in [1.54, 1.807) is 7.11 Å². The van der Waals surface area contributed by atoms with Crippen LogP contribution in [0.15, 0.2) is 60.0 Å². The number of nitrogens with zero attached hydrogens (tertiary/aromatic N) is 2. The molecule has 1 aromatic rings. The maximum Gasteiger partial charge on any atom is 0.191 e. The van der Waals surface area contributed by atoms with Crippen LogP contribution < -0.4 is 15.0 Å². The molecule has 1 aliphatic heterocycles. The number of para-hydroxylation sites is 2. The minimum Gasteiger partial charge on any atom is -0.495 e. The molecule has 0 amide bonds. The van der Waals surface area contributed by atoms with Gasteiger partial charge in [-0.25, -0.2) is 0 Å². The summed E-state index contributed by atoms with van der Waals surface area (Å²) < 4.78 is 5.47. The van der Waals surface area contributed by atoms with Crippen LogP contribution >= 0.6 is 0 Å². The van der Waals surface area contributed by atoms with Gasteiger partial charge in [0.25, 0.3) is 0 Å². The van der Waals surface area contributed by atoms with Gasteiger partial charge in [-0.1, -0.05) is 24.3 Å². The summed E-state index contributed by atoms with van der Waals surface area (Å²) in [6.07, 6.45) is 8.67. The number of allylic oxidation sites excluding steroid dienone is 5. The topological polar surface area (TPSA) is 48.0 Å². The minimum absolute atomic E-state index is 0.269. The Morgan fingerprint density at radius 1 is 1.12 bits per heavy atom. The highest BCUT2D eigenvalue weighted by Gasteiger charge is 2.19. The predicted octanol–water partition coefficient (Wildman–Crippen LogP) is 2.69. The Hall–Kier alpha value is -2.40. The molecular formula is C20H27N3O2. The highest BCUT2D eigenvalue weighted by molar-refractivity contribution is 5.58. The second-order valence-corrected chi connectivity index (χ2v) is 6.30. The molecule has 0 bridgehead atoms. The molecule has 2 aliphatic rings. The van der Waals surface area contributed by atoms with Gasteiger partial charge < -0.3 is 20.1 Å². The van der Waals surface area contributed by atoms with Crippen molar-refractivity contribution in [1.82, 2.24) is 10.2 Å². The first-order chi connectivity index (χ1) is 12.3. The summed E-state index contributed by atoms with van der Waals surface area (Å²) >= 11 is 0. The number of methoxy groups -OCH3 is 1. The molecule has 5 heteroatoms. The van der Waals surface area contributed by atoms with Crippen LogP contribution in [0.25, 0.3) is 0 Å². The fraction of sp³-hybridized carbons (Fsp3) is 0.400. The largest absolute Gasteiger partial charge is 0.495 e. The standard InChI is InChI=1S/C20H27N3O2/c1-25-19-10-5-4-9-18(19)23-15-13-22(14-16-23)12-6-11-21-20(24)17-7-2-3-8-17/h2-5,7-10,21,24H,6,11-16H2,1H3. The summed E-state index contributed by atoms with van der Waals surface area (Å²) in [6.45, 7) is 5.95. The fourth-order valence-corrected chi connectivity index (χ4v) is 3.25. The third kappa shape index (κ3) is 4.57. The van der Waals surface area contributed by atoms with E-state index < -0.39 is 0 Å². The summed E-state index contributed by atoms with van der Waals surface area (Å²) in [6, 6.07) is 8.21. The maximum absolute atomic E-state index is 9.93. The van der Waals surface area contributed by atoms with Crippen LogP contribution in [0, 0.1) is 0 Å². The zero-order chi connectivity index (χ0) is 17.5. The van der Waals surface area contributed by atoms with Gasteiger partial charge in [0, 0.05) is 38.3 Å². The van der Waals surface area contributed by atoms with Gasteiger partial charge in [0.05, 0.1) is 12.8 Å². The summed E-state index contributed by atoms with van der Waals surface area (Å²) in [5.41, 5.74) is 2.03. The predicted molar refractivity (Wildman–Crippen MR) is 102 cm³/mol. The van der Waals surface area contributed by atoms with Crippen molar-refractivity contribution < 1.29 is 9.84 Å². The van der Waals surface area contributed by atoms with Crippen LogP contribution in [0.1, 0.15) is 6.42 Å². The second kappa shape index (κ2) is 8.62. The Kier molecular flexibility index (Phi) is 6.01. The molecule has 0 unspecified atom stereocenters. The number of benzene rings is 1. The van der Waals surface area contributed by atoms with Crippen LogP contribution in [0.5, 0.6) is 5.75 Å². The van der Waals surface area contributed by atoms with E-state index in [-0.39, 0.29) is 5.88 Å². The van der Waals surface area contributed by atoms with Crippen molar-refractivity contribution in [1.29, 1.82) is 0 Å². The normalized spacial score (nSPS) is 17.2. The molecule has 1 aromatic carbocycles. The van der Waals surface area contributed by atoms with E-state index in [0.717, 1.165) is 57.0 Å². The lowest BCUT2D eigenvalue weighted by atomic mass is 10.2. The minimum atomic E-state index is 0.269. The van der Waals surface area contributed by atoms with Gasteiger partial charge in [-0.3, -0.25) is 4.90 Å². The lowest BCUT2D eigenvalue weighted by Gasteiger charge is -2.36. The van der Waals surface area contributed by atoms with Crippen LogP contribution in [-0.2, 0) is 0 Å². The van der Waals surface area contributed by atoms with Crippen molar-refractivity contribution in [2.45, 2.75) is 6.42 Å². The third-order valence-electron chi connectivity index (χ3n) is 4.68. The maximum atomic E-state index is 9.93. The van der Waals surface area contributed by atoms with Crippen LogP contribution in [0.3, 0.4) is 0 Å². The number of anilines is 1. The molecule has 1 saturated heterocycles. The van der Waals surface area contributed by atoms with E-state index in [1.807, 2.05) is 36.4 Å².